The lowest BCUT2D eigenvalue weighted by Gasteiger charge is -2.32. The van der Waals surface area contributed by atoms with Gasteiger partial charge in [-0.15, -0.1) is 0 Å². The zero-order chi connectivity index (χ0) is 13.9. The molecule has 0 spiro atoms. The van der Waals surface area contributed by atoms with Crippen LogP contribution < -0.4 is 4.74 Å². The Labute approximate surface area is 120 Å². The highest BCUT2D eigenvalue weighted by atomic mass is 16.5. The predicted octanol–water partition coefficient (Wildman–Crippen LogP) is 1.77. The molecule has 4 nitrogen and oxygen atoms in total. The summed E-state index contributed by atoms with van der Waals surface area (Å²) in [6.07, 6.45) is 1.53. The van der Waals surface area contributed by atoms with Gasteiger partial charge in [-0.25, -0.2) is 0 Å². The highest BCUT2D eigenvalue weighted by Crippen LogP contribution is 2.36. The summed E-state index contributed by atoms with van der Waals surface area (Å²) in [4.78, 5) is 2.39. The van der Waals surface area contributed by atoms with Crippen molar-refractivity contribution in [3.05, 3.63) is 29.3 Å². The van der Waals surface area contributed by atoms with E-state index in [0.29, 0.717) is 6.61 Å². The first-order valence-electron chi connectivity index (χ1n) is 7.54. The van der Waals surface area contributed by atoms with E-state index in [4.69, 9.17) is 9.47 Å². The van der Waals surface area contributed by atoms with Crippen molar-refractivity contribution in [3.8, 4) is 5.75 Å². The number of hydrogen-bond donors (Lipinski definition) is 1. The van der Waals surface area contributed by atoms with E-state index in [1.54, 1.807) is 0 Å². The Morgan fingerprint density at radius 2 is 2.35 bits per heavy atom. The van der Waals surface area contributed by atoms with Gasteiger partial charge < -0.3 is 14.6 Å². The largest absolute Gasteiger partial charge is 0.491 e. The summed E-state index contributed by atoms with van der Waals surface area (Å²) in [5.41, 5.74) is 2.20. The first kappa shape index (κ1) is 13.9. The van der Waals surface area contributed by atoms with Gasteiger partial charge in [-0.05, 0) is 31.0 Å². The average molecular weight is 277 g/mol. The van der Waals surface area contributed by atoms with Crippen LogP contribution in [0.15, 0.2) is 18.2 Å². The molecule has 0 saturated carbocycles. The van der Waals surface area contributed by atoms with Gasteiger partial charge in [-0.1, -0.05) is 19.1 Å². The van der Waals surface area contributed by atoms with Crippen molar-refractivity contribution in [1.29, 1.82) is 0 Å². The Kier molecular flexibility index (Phi) is 4.24. The topological polar surface area (TPSA) is 41.9 Å². The molecule has 1 aromatic rings. The molecule has 4 heteroatoms. The van der Waals surface area contributed by atoms with Gasteiger partial charge in [0.1, 0.15) is 18.5 Å². The summed E-state index contributed by atoms with van der Waals surface area (Å²) >= 11 is 0. The molecular formula is C16H23NO3. The maximum absolute atomic E-state index is 9.90. The third-order valence-corrected chi connectivity index (χ3v) is 4.29. The molecule has 1 fully saturated rings. The minimum Gasteiger partial charge on any atom is -0.491 e. The molecule has 1 saturated heterocycles. The average Bonchev–Trinajstić information content (AvgIpc) is 2.88. The van der Waals surface area contributed by atoms with Gasteiger partial charge in [-0.2, -0.15) is 0 Å². The van der Waals surface area contributed by atoms with Crippen LogP contribution in [0, 0.1) is 0 Å². The van der Waals surface area contributed by atoms with E-state index in [1.165, 1.54) is 5.56 Å². The smallest absolute Gasteiger partial charge is 0.122 e. The number of aliphatic hydroxyl groups is 1. The molecular weight excluding hydrogens is 254 g/mol. The molecule has 1 N–H and O–H groups in total. The number of fused-ring (bicyclic) bond motifs is 1. The Morgan fingerprint density at radius 3 is 3.20 bits per heavy atom. The van der Waals surface area contributed by atoms with Crippen LogP contribution in [0.4, 0.5) is 0 Å². The third-order valence-electron chi connectivity index (χ3n) is 4.29. The fourth-order valence-corrected chi connectivity index (χ4v) is 3.09. The number of ether oxygens (including phenoxy) is 2. The zero-order valence-electron chi connectivity index (χ0n) is 12.0. The second-order valence-corrected chi connectivity index (χ2v) is 5.58. The first-order chi connectivity index (χ1) is 9.78. The number of benzene rings is 1. The van der Waals surface area contributed by atoms with E-state index in [-0.39, 0.29) is 12.2 Å². The van der Waals surface area contributed by atoms with E-state index in [9.17, 15) is 5.11 Å². The molecule has 0 bridgehead atoms. The molecule has 20 heavy (non-hydrogen) atoms. The molecule has 0 amide bonds. The van der Waals surface area contributed by atoms with Crippen molar-refractivity contribution in [2.75, 3.05) is 32.8 Å². The van der Waals surface area contributed by atoms with E-state index >= 15 is 0 Å². The van der Waals surface area contributed by atoms with Gasteiger partial charge in [0.25, 0.3) is 0 Å². The van der Waals surface area contributed by atoms with Gasteiger partial charge >= 0.3 is 0 Å². The number of likely N-dealkylation sites (N-methyl/N-ethyl adjacent to an activating group) is 1. The number of hydrogen-bond acceptors (Lipinski definition) is 4. The Morgan fingerprint density at radius 1 is 1.45 bits per heavy atom. The predicted molar refractivity (Wildman–Crippen MR) is 77.1 cm³/mol. The monoisotopic (exact) mass is 277 g/mol. The van der Waals surface area contributed by atoms with Crippen LogP contribution in [-0.2, 0) is 11.2 Å². The minimum absolute atomic E-state index is 0.144. The van der Waals surface area contributed by atoms with E-state index in [1.807, 2.05) is 18.2 Å². The maximum Gasteiger partial charge on any atom is 0.122 e. The summed E-state index contributed by atoms with van der Waals surface area (Å²) in [5.74, 6) is 0.913. The number of nitrogens with zero attached hydrogens (tertiary/aromatic N) is 1. The first-order valence-corrected chi connectivity index (χ1v) is 7.54. The molecule has 110 valence electrons. The van der Waals surface area contributed by atoms with Gasteiger partial charge in [0, 0.05) is 18.7 Å². The van der Waals surface area contributed by atoms with Crippen LogP contribution in [0.5, 0.6) is 5.75 Å². The van der Waals surface area contributed by atoms with Gasteiger partial charge in [0.15, 0.2) is 0 Å². The highest BCUT2D eigenvalue weighted by Gasteiger charge is 2.24. The van der Waals surface area contributed by atoms with Crippen LogP contribution in [-0.4, -0.2) is 49.0 Å². The highest BCUT2D eigenvalue weighted by molar-refractivity contribution is 5.44. The summed E-state index contributed by atoms with van der Waals surface area (Å²) in [6.45, 7) is 6.56. The molecule has 3 rings (SSSR count). The molecule has 1 aliphatic carbocycles. The summed E-state index contributed by atoms with van der Waals surface area (Å²) < 4.78 is 11.7. The lowest BCUT2D eigenvalue weighted by Crippen LogP contribution is -2.44. The van der Waals surface area contributed by atoms with Crippen molar-refractivity contribution in [1.82, 2.24) is 4.90 Å². The normalized spacial score (nSPS) is 26.5. The van der Waals surface area contributed by atoms with Gasteiger partial charge in [0.2, 0.25) is 0 Å². The number of aliphatic hydroxyl groups excluding tert-OH is 1. The fraction of sp³-hybridized carbons (Fsp3) is 0.625. The Bertz CT molecular complexity index is 463. The Hall–Kier alpha value is -1.10. The lowest BCUT2D eigenvalue weighted by molar-refractivity contribution is -0.0465. The number of morpholine rings is 1. The van der Waals surface area contributed by atoms with Crippen molar-refractivity contribution >= 4 is 0 Å². The molecule has 1 heterocycles. The van der Waals surface area contributed by atoms with E-state index in [0.717, 1.165) is 50.4 Å². The van der Waals surface area contributed by atoms with E-state index in [2.05, 4.69) is 11.8 Å². The van der Waals surface area contributed by atoms with Crippen LogP contribution in [0.25, 0.3) is 0 Å². The van der Waals surface area contributed by atoms with Crippen LogP contribution in [0.1, 0.15) is 30.6 Å². The lowest BCUT2D eigenvalue weighted by atomic mass is 10.1. The molecule has 0 aromatic heterocycles. The molecule has 0 radical (unpaired) electrons. The Balaban J connectivity index is 1.62. The van der Waals surface area contributed by atoms with Crippen LogP contribution in [0.2, 0.25) is 0 Å². The molecule has 2 aliphatic rings. The van der Waals surface area contributed by atoms with Crippen molar-refractivity contribution < 1.29 is 14.6 Å². The SMILES string of the molecule is CCN1CCOC(COc2cccc3c2CCC3O)C1. The van der Waals surface area contributed by atoms with Crippen molar-refractivity contribution in [3.63, 3.8) is 0 Å². The number of rotatable bonds is 4. The molecule has 2 atom stereocenters. The second-order valence-electron chi connectivity index (χ2n) is 5.58. The maximum atomic E-state index is 9.90. The van der Waals surface area contributed by atoms with Gasteiger partial charge in [0.05, 0.1) is 12.7 Å². The zero-order valence-corrected chi connectivity index (χ0v) is 12.0. The second kappa shape index (κ2) is 6.12. The molecule has 1 aromatic carbocycles. The standard InChI is InChI=1S/C16H23NO3/c1-2-17-8-9-19-12(10-17)11-20-16-5-3-4-13-14(16)6-7-15(13)18/h3-5,12,15,18H,2,6-11H2,1H3. The fourth-order valence-electron chi connectivity index (χ4n) is 3.09. The van der Waals surface area contributed by atoms with Crippen LogP contribution in [0.3, 0.4) is 0 Å². The van der Waals surface area contributed by atoms with E-state index < -0.39 is 0 Å². The van der Waals surface area contributed by atoms with Crippen LogP contribution >= 0.6 is 0 Å². The van der Waals surface area contributed by atoms with Crippen molar-refractivity contribution in [2.45, 2.75) is 32.0 Å². The summed E-state index contributed by atoms with van der Waals surface area (Å²) in [7, 11) is 0. The third kappa shape index (κ3) is 2.82. The quantitative estimate of drug-likeness (QED) is 0.910. The summed E-state index contributed by atoms with van der Waals surface area (Å²) in [6, 6.07) is 5.95. The summed E-state index contributed by atoms with van der Waals surface area (Å²) in [5, 5.41) is 9.90. The molecule has 2 unspecified atom stereocenters. The van der Waals surface area contributed by atoms with Crippen molar-refractivity contribution in [2.24, 2.45) is 0 Å². The molecule has 1 aliphatic heterocycles. The minimum atomic E-state index is -0.324. The van der Waals surface area contributed by atoms with Gasteiger partial charge in [-0.3, -0.25) is 4.90 Å².